The Hall–Kier alpha value is -3.67. The third kappa shape index (κ3) is 3.41. The van der Waals surface area contributed by atoms with Crippen LogP contribution in [0.25, 0.3) is 5.57 Å². The molecule has 1 fully saturated rings. The second kappa shape index (κ2) is 7.63. The lowest BCUT2D eigenvalue weighted by Gasteiger charge is -2.19. The predicted molar refractivity (Wildman–Crippen MR) is 117 cm³/mol. The monoisotopic (exact) mass is 400 g/mol. The molecule has 1 atom stereocenters. The molecule has 1 unspecified atom stereocenters. The normalized spacial score (nSPS) is 19.1. The average Bonchev–Trinajstić information content (AvgIpc) is 3.39. The molecule has 0 bridgehead atoms. The number of fused-ring (bicyclic) bond motifs is 1. The Labute approximate surface area is 174 Å². The Morgan fingerprint density at radius 2 is 1.90 bits per heavy atom. The van der Waals surface area contributed by atoms with Gasteiger partial charge in [-0.2, -0.15) is 0 Å². The molecule has 150 valence electrons. The summed E-state index contributed by atoms with van der Waals surface area (Å²) >= 11 is 0. The van der Waals surface area contributed by atoms with Crippen molar-refractivity contribution in [2.45, 2.75) is 12.3 Å². The number of anilines is 3. The van der Waals surface area contributed by atoms with Crippen LogP contribution in [0.4, 0.5) is 21.5 Å². The molecule has 5 rings (SSSR count). The van der Waals surface area contributed by atoms with Gasteiger partial charge in [-0.05, 0) is 60.5 Å². The molecular formula is C24H21FN4O. The number of benzene rings is 2. The lowest BCUT2D eigenvalue weighted by molar-refractivity contribution is -0.110. The number of pyridine rings is 1. The van der Waals surface area contributed by atoms with Crippen molar-refractivity contribution < 1.29 is 9.18 Å². The number of hydrogen-bond donors (Lipinski definition) is 2. The summed E-state index contributed by atoms with van der Waals surface area (Å²) in [4.78, 5) is 18.7. The number of carbonyl (C=O) groups excluding carboxylic acids is 1. The van der Waals surface area contributed by atoms with E-state index in [0.29, 0.717) is 22.7 Å². The fourth-order valence-electron chi connectivity index (χ4n) is 4.17. The Bertz CT molecular complexity index is 1110. The van der Waals surface area contributed by atoms with Crippen LogP contribution in [0.15, 0.2) is 73.2 Å². The number of nitrogens with one attached hydrogen (secondary N) is 2. The zero-order valence-electron chi connectivity index (χ0n) is 16.3. The molecular weight excluding hydrogens is 379 g/mol. The number of halogens is 1. The van der Waals surface area contributed by atoms with Crippen LogP contribution in [-0.4, -0.2) is 24.0 Å². The van der Waals surface area contributed by atoms with E-state index in [-0.39, 0.29) is 5.91 Å². The molecule has 0 spiro atoms. The van der Waals surface area contributed by atoms with Crippen molar-refractivity contribution in [3.05, 3.63) is 90.1 Å². The minimum absolute atomic E-state index is 0.298. The van der Waals surface area contributed by atoms with E-state index < -0.39 is 5.82 Å². The molecule has 3 aromatic rings. The van der Waals surface area contributed by atoms with Gasteiger partial charge in [0.1, 0.15) is 5.82 Å². The van der Waals surface area contributed by atoms with Crippen molar-refractivity contribution in [2.24, 2.45) is 0 Å². The molecule has 2 aliphatic rings. The zero-order chi connectivity index (χ0) is 20.5. The molecule has 3 heterocycles. The minimum atomic E-state index is -0.410. The largest absolute Gasteiger partial charge is 0.371 e. The molecule has 1 amide bonds. The SMILES string of the molecule is O=C1Nc2cccc(F)c2C1=CNc1ccc(N2CCC(c3ccncc3)C2)cc1. The number of rotatable bonds is 4. The summed E-state index contributed by atoms with van der Waals surface area (Å²) < 4.78 is 14.2. The van der Waals surface area contributed by atoms with E-state index in [2.05, 4.69) is 44.8 Å². The Balaban J connectivity index is 1.28. The van der Waals surface area contributed by atoms with E-state index in [9.17, 15) is 9.18 Å². The van der Waals surface area contributed by atoms with Crippen molar-refractivity contribution in [1.29, 1.82) is 0 Å². The van der Waals surface area contributed by atoms with Gasteiger partial charge < -0.3 is 15.5 Å². The topological polar surface area (TPSA) is 57.3 Å². The van der Waals surface area contributed by atoms with Gasteiger partial charge in [-0.15, -0.1) is 0 Å². The van der Waals surface area contributed by atoms with Crippen molar-refractivity contribution in [2.75, 3.05) is 28.6 Å². The molecule has 30 heavy (non-hydrogen) atoms. The zero-order valence-corrected chi connectivity index (χ0v) is 16.3. The highest BCUT2D eigenvalue weighted by Crippen LogP contribution is 2.34. The second-order valence-electron chi connectivity index (χ2n) is 7.58. The van der Waals surface area contributed by atoms with E-state index in [1.54, 1.807) is 18.3 Å². The molecule has 2 aromatic carbocycles. The first kappa shape index (κ1) is 18.4. The summed E-state index contributed by atoms with van der Waals surface area (Å²) in [6, 6.07) is 16.9. The van der Waals surface area contributed by atoms with Gasteiger partial charge >= 0.3 is 0 Å². The van der Waals surface area contributed by atoms with Gasteiger partial charge in [0.05, 0.1) is 11.3 Å². The van der Waals surface area contributed by atoms with E-state index in [4.69, 9.17) is 0 Å². The lowest BCUT2D eigenvalue weighted by Crippen LogP contribution is -2.19. The highest BCUT2D eigenvalue weighted by Gasteiger charge is 2.27. The first-order chi connectivity index (χ1) is 14.7. The van der Waals surface area contributed by atoms with Gasteiger partial charge in [0.15, 0.2) is 0 Å². The molecule has 2 N–H and O–H groups in total. The van der Waals surface area contributed by atoms with E-state index in [1.807, 2.05) is 24.5 Å². The van der Waals surface area contributed by atoms with Crippen molar-refractivity contribution in [3.63, 3.8) is 0 Å². The summed E-state index contributed by atoms with van der Waals surface area (Å²) in [5, 5.41) is 5.81. The molecule has 2 aliphatic heterocycles. The number of aromatic nitrogens is 1. The summed E-state index contributed by atoms with van der Waals surface area (Å²) in [5.74, 6) is -0.197. The Kier molecular flexibility index (Phi) is 4.67. The van der Waals surface area contributed by atoms with Crippen molar-refractivity contribution in [1.82, 2.24) is 4.98 Å². The molecule has 0 saturated carbocycles. The Morgan fingerprint density at radius 3 is 2.70 bits per heavy atom. The van der Waals surface area contributed by atoms with Crippen molar-refractivity contribution in [3.8, 4) is 0 Å². The number of amides is 1. The summed E-state index contributed by atoms with van der Waals surface area (Å²) in [6.45, 7) is 2.00. The fraction of sp³-hybridized carbons (Fsp3) is 0.167. The van der Waals surface area contributed by atoms with Crippen LogP contribution in [0.2, 0.25) is 0 Å². The van der Waals surface area contributed by atoms with Gasteiger partial charge in [0.2, 0.25) is 0 Å². The molecule has 5 nitrogen and oxygen atoms in total. The minimum Gasteiger partial charge on any atom is -0.371 e. The molecule has 0 aliphatic carbocycles. The molecule has 1 saturated heterocycles. The highest BCUT2D eigenvalue weighted by atomic mass is 19.1. The van der Waals surface area contributed by atoms with Gasteiger partial charge in [0, 0.05) is 54.5 Å². The van der Waals surface area contributed by atoms with Crippen LogP contribution in [0.1, 0.15) is 23.5 Å². The van der Waals surface area contributed by atoms with Gasteiger partial charge in [-0.1, -0.05) is 6.07 Å². The summed E-state index contributed by atoms with van der Waals surface area (Å²) in [5.41, 5.74) is 4.45. The number of hydrogen-bond acceptors (Lipinski definition) is 4. The molecule has 6 heteroatoms. The standard InChI is InChI=1S/C24H21FN4O/c25-21-2-1-3-22-23(21)20(24(30)28-22)14-27-18-4-6-19(7-5-18)29-13-10-17(15-29)16-8-11-26-12-9-16/h1-9,11-12,14,17,27H,10,13,15H2,(H,28,30). The highest BCUT2D eigenvalue weighted by molar-refractivity contribution is 6.31. The summed E-state index contributed by atoms with van der Waals surface area (Å²) in [7, 11) is 0. The van der Waals surface area contributed by atoms with Crippen LogP contribution in [0.5, 0.6) is 0 Å². The van der Waals surface area contributed by atoms with E-state index >= 15 is 0 Å². The average molecular weight is 400 g/mol. The first-order valence-corrected chi connectivity index (χ1v) is 10.0. The fourth-order valence-corrected chi connectivity index (χ4v) is 4.17. The maximum absolute atomic E-state index is 14.2. The van der Waals surface area contributed by atoms with E-state index in [0.717, 1.165) is 25.2 Å². The number of carbonyl (C=O) groups is 1. The molecule has 0 radical (unpaired) electrons. The Morgan fingerprint density at radius 1 is 1.10 bits per heavy atom. The van der Waals surface area contributed by atoms with Gasteiger partial charge in [-0.25, -0.2) is 4.39 Å². The third-order valence-corrected chi connectivity index (χ3v) is 5.76. The lowest BCUT2D eigenvalue weighted by atomic mass is 10.00. The van der Waals surface area contributed by atoms with E-state index in [1.165, 1.54) is 17.3 Å². The second-order valence-corrected chi connectivity index (χ2v) is 7.58. The maximum atomic E-state index is 14.2. The van der Waals surface area contributed by atoms with Gasteiger partial charge in [0.25, 0.3) is 5.91 Å². The maximum Gasteiger partial charge on any atom is 0.257 e. The number of nitrogens with zero attached hydrogens (tertiary/aromatic N) is 2. The molecule has 1 aromatic heterocycles. The van der Waals surface area contributed by atoms with Crippen LogP contribution < -0.4 is 15.5 Å². The first-order valence-electron chi connectivity index (χ1n) is 10.0. The quantitative estimate of drug-likeness (QED) is 0.628. The van der Waals surface area contributed by atoms with Crippen LogP contribution in [-0.2, 0) is 4.79 Å². The van der Waals surface area contributed by atoms with Crippen LogP contribution >= 0.6 is 0 Å². The van der Waals surface area contributed by atoms with Crippen LogP contribution in [0.3, 0.4) is 0 Å². The van der Waals surface area contributed by atoms with Crippen LogP contribution in [0, 0.1) is 5.82 Å². The van der Waals surface area contributed by atoms with Crippen molar-refractivity contribution >= 4 is 28.5 Å². The summed E-state index contributed by atoms with van der Waals surface area (Å²) in [6.07, 6.45) is 6.38. The smallest absolute Gasteiger partial charge is 0.257 e. The predicted octanol–water partition coefficient (Wildman–Crippen LogP) is 4.62. The van der Waals surface area contributed by atoms with Gasteiger partial charge in [-0.3, -0.25) is 9.78 Å². The third-order valence-electron chi connectivity index (χ3n) is 5.76.